The standard InChI is InChI=1S/C22H28N4O2/c1-25(2)21(19-15-26(3)20-8-6-5-7-18(19)20)14-24-22(27)23-13-16-9-11-17(28-4)12-10-16/h5-12,15,21H,13-14H2,1-4H3,(H2,23,24,27)/t21-/m1/s1. The first-order valence-electron chi connectivity index (χ1n) is 9.34. The molecule has 2 aromatic carbocycles. The fraction of sp³-hybridized carbons (Fsp3) is 0.318. The molecule has 0 unspecified atom stereocenters. The summed E-state index contributed by atoms with van der Waals surface area (Å²) in [5.41, 5.74) is 3.42. The molecule has 1 aromatic heterocycles. The molecule has 3 aromatic rings. The molecule has 0 saturated carbocycles. The highest BCUT2D eigenvalue weighted by atomic mass is 16.5. The zero-order valence-corrected chi connectivity index (χ0v) is 16.9. The van der Waals surface area contributed by atoms with Gasteiger partial charge in [0.25, 0.3) is 0 Å². The maximum Gasteiger partial charge on any atom is 0.315 e. The Balaban J connectivity index is 1.62. The second kappa shape index (κ2) is 8.80. The second-order valence-electron chi connectivity index (χ2n) is 7.10. The van der Waals surface area contributed by atoms with Gasteiger partial charge in [-0.1, -0.05) is 30.3 Å². The Morgan fingerprint density at radius 1 is 1.11 bits per heavy atom. The largest absolute Gasteiger partial charge is 0.497 e. The molecule has 0 spiro atoms. The molecule has 0 saturated heterocycles. The number of benzene rings is 2. The summed E-state index contributed by atoms with van der Waals surface area (Å²) in [5.74, 6) is 0.803. The number of aromatic nitrogens is 1. The number of carbonyl (C=O) groups is 1. The third-order valence-electron chi connectivity index (χ3n) is 4.98. The van der Waals surface area contributed by atoms with Gasteiger partial charge in [-0.05, 0) is 43.4 Å². The summed E-state index contributed by atoms with van der Waals surface area (Å²) in [4.78, 5) is 14.4. The lowest BCUT2D eigenvalue weighted by Crippen LogP contribution is -2.40. The van der Waals surface area contributed by atoms with Crippen molar-refractivity contribution in [2.75, 3.05) is 27.7 Å². The van der Waals surface area contributed by atoms with Crippen LogP contribution in [0.15, 0.2) is 54.7 Å². The van der Waals surface area contributed by atoms with E-state index in [1.165, 1.54) is 16.5 Å². The molecule has 0 fully saturated rings. The predicted molar refractivity (Wildman–Crippen MR) is 113 cm³/mol. The lowest BCUT2D eigenvalue weighted by Gasteiger charge is -2.24. The Morgan fingerprint density at radius 2 is 1.82 bits per heavy atom. The Bertz CT molecular complexity index is 931. The minimum absolute atomic E-state index is 0.0813. The summed E-state index contributed by atoms with van der Waals surface area (Å²) in [7, 11) is 7.75. The minimum Gasteiger partial charge on any atom is -0.497 e. The van der Waals surface area contributed by atoms with Gasteiger partial charge in [-0.25, -0.2) is 4.79 Å². The van der Waals surface area contributed by atoms with Crippen LogP contribution >= 0.6 is 0 Å². The van der Waals surface area contributed by atoms with Crippen LogP contribution in [0, 0.1) is 0 Å². The average molecular weight is 380 g/mol. The molecule has 28 heavy (non-hydrogen) atoms. The molecule has 3 rings (SSSR count). The van der Waals surface area contributed by atoms with E-state index >= 15 is 0 Å². The smallest absolute Gasteiger partial charge is 0.315 e. The number of nitrogens with one attached hydrogen (secondary N) is 2. The highest BCUT2D eigenvalue weighted by Gasteiger charge is 2.19. The van der Waals surface area contributed by atoms with Gasteiger partial charge in [-0.2, -0.15) is 0 Å². The number of ether oxygens (including phenoxy) is 1. The van der Waals surface area contributed by atoms with Gasteiger partial charge in [-0.15, -0.1) is 0 Å². The molecule has 0 radical (unpaired) electrons. The normalized spacial score (nSPS) is 12.2. The number of hydrogen-bond acceptors (Lipinski definition) is 3. The number of carbonyl (C=O) groups excluding carboxylic acids is 1. The minimum atomic E-state index is -0.178. The molecule has 148 valence electrons. The highest BCUT2D eigenvalue weighted by Crippen LogP contribution is 2.28. The number of para-hydroxylation sites is 1. The molecule has 1 atom stereocenters. The van der Waals surface area contributed by atoms with Gasteiger partial charge in [-0.3, -0.25) is 0 Å². The Hall–Kier alpha value is -2.99. The first-order valence-corrected chi connectivity index (χ1v) is 9.34. The van der Waals surface area contributed by atoms with Crippen LogP contribution in [0.3, 0.4) is 0 Å². The number of aryl methyl sites for hydroxylation is 1. The summed E-state index contributed by atoms with van der Waals surface area (Å²) in [5, 5.41) is 7.13. The van der Waals surface area contributed by atoms with Crippen LogP contribution in [-0.2, 0) is 13.6 Å². The van der Waals surface area contributed by atoms with E-state index in [1.807, 2.05) is 57.5 Å². The fourth-order valence-electron chi connectivity index (χ4n) is 3.39. The monoisotopic (exact) mass is 380 g/mol. The number of methoxy groups -OCH3 is 1. The quantitative estimate of drug-likeness (QED) is 0.661. The zero-order valence-electron chi connectivity index (χ0n) is 16.9. The predicted octanol–water partition coefficient (Wildman–Crippen LogP) is 3.29. The number of rotatable bonds is 7. The van der Waals surface area contributed by atoms with Gasteiger partial charge in [0.15, 0.2) is 0 Å². The van der Waals surface area contributed by atoms with Crippen molar-refractivity contribution >= 4 is 16.9 Å². The molecule has 2 amide bonds. The van der Waals surface area contributed by atoms with Crippen molar-refractivity contribution in [3.05, 3.63) is 65.9 Å². The van der Waals surface area contributed by atoms with Gasteiger partial charge in [0.05, 0.1) is 13.2 Å². The number of likely N-dealkylation sites (N-methyl/N-ethyl adjacent to an activating group) is 1. The van der Waals surface area contributed by atoms with E-state index < -0.39 is 0 Å². The van der Waals surface area contributed by atoms with Crippen LogP contribution in [-0.4, -0.2) is 43.2 Å². The summed E-state index contributed by atoms with van der Waals surface area (Å²) < 4.78 is 7.28. The van der Waals surface area contributed by atoms with E-state index in [9.17, 15) is 4.79 Å². The van der Waals surface area contributed by atoms with Crippen molar-refractivity contribution in [1.29, 1.82) is 0 Å². The van der Waals surface area contributed by atoms with Crippen molar-refractivity contribution < 1.29 is 9.53 Å². The van der Waals surface area contributed by atoms with E-state index in [1.54, 1.807) is 7.11 Å². The number of nitrogens with zero attached hydrogens (tertiary/aromatic N) is 2. The van der Waals surface area contributed by atoms with Gasteiger partial charge in [0.2, 0.25) is 0 Å². The van der Waals surface area contributed by atoms with Crippen LogP contribution in [0.2, 0.25) is 0 Å². The van der Waals surface area contributed by atoms with E-state index in [0.717, 1.165) is 11.3 Å². The summed E-state index contributed by atoms with van der Waals surface area (Å²) in [6, 6.07) is 15.9. The molecular weight excluding hydrogens is 352 g/mol. The van der Waals surface area contributed by atoms with Crippen molar-refractivity contribution in [2.45, 2.75) is 12.6 Å². The lowest BCUT2D eigenvalue weighted by atomic mass is 10.0. The molecule has 1 heterocycles. The number of fused-ring (bicyclic) bond motifs is 1. The SMILES string of the molecule is COc1ccc(CNC(=O)NC[C@H](c2cn(C)c3ccccc23)N(C)C)cc1. The summed E-state index contributed by atoms with van der Waals surface area (Å²) in [6.07, 6.45) is 2.15. The maximum absolute atomic E-state index is 12.3. The highest BCUT2D eigenvalue weighted by molar-refractivity contribution is 5.84. The third kappa shape index (κ3) is 4.46. The van der Waals surface area contributed by atoms with Gasteiger partial charge < -0.3 is 24.8 Å². The number of hydrogen-bond donors (Lipinski definition) is 2. The van der Waals surface area contributed by atoms with E-state index in [2.05, 4.69) is 38.4 Å². The first-order chi connectivity index (χ1) is 13.5. The van der Waals surface area contributed by atoms with Gasteiger partial charge in [0, 0.05) is 37.2 Å². The van der Waals surface area contributed by atoms with Crippen molar-refractivity contribution in [3.63, 3.8) is 0 Å². The number of amides is 2. The topological polar surface area (TPSA) is 58.5 Å². The molecule has 6 heteroatoms. The zero-order chi connectivity index (χ0) is 20.1. The van der Waals surface area contributed by atoms with E-state index in [-0.39, 0.29) is 12.1 Å². The molecular formula is C22H28N4O2. The Labute approximate surface area is 166 Å². The van der Waals surface area contributed by atoms with Crippen LogP contribution < -0.4 is 15.4 Å². The van der Waals surface area contributed by atoms with Crippen LogP contribution in [0.25, 0.3) is 10.9 Å². The molecule has 6 nitrogen and oxygen atoms in total. The molecule has 2 N–H and O–H groups in total. The Morgan fingerprint density at radius 3 is 2.50 bits per heavy atom. The number of urea groups is 1. The van der Waals surface area contributed by atoms with Gasteiger partial charge >= 0.3 is 6.03 Å². The lowest BCUT2D eigenvalue weighted by molar-refractivity contribution is 0.232. The molecule has 0 aliphatic rings. The average Bonchev–Trinajstić information content (AvgIpc) is 3.03. The van der Waals surface area contributed by atoms with Gasteiger partial charge in [0.1, 0.15) is 5.75 Å². The maximum atomic E-state index is 12.3. The Kier molecular flexibility index (Phi) is 6.21. The van der Waals surface area contributed by atoms with Crippen LogP contribution in [0.1, 0.15) is 17.2 Å². The summed E-state index contributed by atoms with van der Waals surface area (Å²) >= 11 is 0. The van der Waals surface area contributed by atoms with Crippen molar-refractivity contribution in [3.8, 4) is 5.75 Å². The third-order valence-corrected chi connectivity index (χ3v) is 4.98. The molecule has 0 bridgehead atoms. The first kappa shape index (κ1) is 19.8. The van der Waals surface area contributed by atoms with E-state index in [4.69, 9.17) is 4.74 Å². The molecule has 0 aliphatic carbocycles. The van der Waals surface area contributed by atoms with Crippen LogP contribution in [0.4, 0.5) is 4.79 Å². The summed E-state index contributed by atoms with van der Waals surface area (Å²) in [6.45, 7) is 0.992. The second-order valence-corrected chi connectivity index (χ2v) is 7.10. The molecule has 0 aliphatic heterocycles. The van der Waals surface area contributed by atoms with Crippen molar-refractivity contribution in [2.24, 2.45) is 7.05 Å². The fourth-order valence-corrected chi connectivity index (χ4v) is 3.39. The van der Waals surface area contributed by atoms with E-state index in [0.29, 0.717) is 13.1 Å². The van der Waals surface area contributed by atoms with Crippen LogP contribution in [0.5, 0.6) is 5.75 Å². The van der Waals surface area contributed by atoms with Crippen molar-refractivity contribution in [1.82, 2.24) is 20.1 Å².